The van der Waals surface area contributed by atoms with Gasteiger partial charge in [0.1, 0.15) is 0 Å². The molecule has 0 radical (unpaired) electrons. The zero-order valence-electron chi connectivity index (χ0n) is 61.9. The van der Waals surface area contributed by atoms with Gasteiger partial charge in [0, 0.05) is 78.0 Å². The Morgan fingerprint density at radius 1 is 0.231 bits per heavy atom. The Morgan fingerprint density at radius 2 is 0.407 bits per heavy atom. The number of rotatable bonds is 77. The van der Waals surface area contributed by atoms with Gasteiger partial charge in [-0.2, -0.15) is 0 Å². The van der Waals surface area contributed by atoms with Crippen LogP contribution in [0.4, 0.5) is 0 Å². The fourth-order valence-electron chi connectivity index (χ4n) is 12.9. The van der Waals surface area contributed by atoms with E-state index in [1.54, 1.807) is 0 Å². The van der Waals surface area contributed by atoms with Gasteiger partial charge in [0.15, 0.2) is 0 Å². The quantitative estimate of drug-likeness (QED) is 0.0355. The highest BCUT2D eigenvalue weighted by Crippen LogP contribution is 2.18. The van der Waals surface area contributed by atoms with Gasteiger partial charge in [-0.1, -0.05) is 354 Å². The molecule has 0 unspecified atom stereocenters. The van der Waals surface area contributed by atoms with Crippen LogP contribution in [0.1, 0.15) is 419 Å². The summed E-state index contributed by atoms with van der Waals surface area (Å²) in [6.07, 6.45) is 80.7. The van der Waals surface area contributed by atoms with Crippen molar-refractivity contribution in [2.75, 3.05) is 65.4 Å². The van der Waals surface area contributed by atoms with Crippen molar-refractivity contribution in [3.63, 3.8) is 0 Å². The fourth-order valence-corrected chi connectivity index (χ4v) is 12.9. The smallest absolute Gasteiger partial charge is 0.221 e. The molecular weight excluding hydrogens is 1120 g/mol. The Bertz CT molecular complexity index is 1480. The van der Waals surface area contributed by atoms with Crippen LogP contribution in [0.15, 0.2) is 12.2 Å². The summed E-state index contributed by atoms with van der Waals surface area (Å²) in [5, 5.41) is 12.8. The van der Waals surface area contributed by atoms with Gasteiger partial charge >= 0.3 is 0 Å². The summed E-state index contributed by atoms with van der Waals surface area (Å²) >= 11 is 0. The van der Waals surface area contributed by atoms with E-state index in [-0.39, 0.29) is 23.6 Å². The van der Waals surface area contributed by atoms with Gasteiger partial charge in [-0.25, -0.2) is 0 Å². The molecular formula is C81H160N6O4. The Labute approximate surface area is 568 Å². The number of hydrogen-bond acceptors (Lipinski definition) is 6. The number of allylic oxidation sites excluding steroid dienone is 2. The summed E-state index contributed by atoms with van der Waals surface area (Å²) in [5.41, 5.74) is 0. The minimum Gasteiger partial charge on any atom is -0.356 e. The topological polar surface area (TPSA) is 123 Å². The summed E-state index contributed by atoms with van der Waals surface area (Å²) in [6, 6.07) is 0. The lowest BCUT2D eigenvalue weighted by molar-refractivity contribution is -0.123. The lowest BCUT2D eigenvalue weighted by atomic mass is 10.0. The summed E-state index contributed by atoms with van der Waals surface area (Å²) in [5.74, 6) is 0.361. The Morgan fingerprint density at radius 3 is 0.593 bits per heavy atom. The van der Waals surface area contributed by atoms with Gasteiger partial charge in [0.2, 0.25) is 23.6 Å². The second kappa shape index (κ2) is 76.6. The number of hydrogen-bond donors (Lipinski definition) is 4. The average molecular weight is 1280 g/mol. The van der Waals surface area contributed by atoms with E-state index in [0.29, 0.717) is 51.9 Å². The molecule has 0 saturated heterocycles. The highest BCUT2D eigenvalue weighted by molar-refractivity contribution is 5.77. The van der Waals surface area contributed by atoms with Crippen LogP contribution in [0.5, 0.6) is 0 Å². The Balaban J connectivity index is 5.19. The number of nitrogens with one attached hydrogen (secondary N) is 4. The molecule has 0 rings (SSSR count). The van der Waals surface area contributed by atoms with E-state index in [2.05, 4.69) is 70.9 Å². The van der Waals surface area contributed by atoms with E-state index in [9.17, 15) is 19.2 Å². The number of carbonyl (C=O) groups excluding carboxylic acids is 4. The van der Waals surface area contributed by atoms with Crippen LogP contribution < -0.4 is 21.3 Å². The second-order valence-corrected chi connectivity index (χ2v) is 28.2. The van der Waals surface area contributed by atoms with Crippen molar-refractivity contribution < 1.29 is 19.2 Å². The van der Waals surface area contributed by atoms with Crippen LogP contribution >= 0.6 is 0 Å². The maximum Gasteiger partial charge on any atom is 0.221 e. The van der Waals surface area contributed by atoms with Crippen molar-refractivity contribution in [1.29, 1.82) is 0 Å². The van der Waals surface area contributed by atoms with E-state index in [0.717, 1.165) is 97.1 Å². The number of nitrogens with zero attached hydrogens (tertiary/aromatic N) is 2. The molecule has 0 atom stereocenters. The van der Waals surface area contributed by atoms with Crippen LogP contribution in [-0.2, 0) is 19.2 Å². The van der Waals surface area contributed by atoms with Gasteiger partial charge in [0.05, 0.1) is 0 Å². The van der Waals surface area contributed by atoms with Crippen LogP contribution in [0, 0.1) is 0 Å². The molecule has 4 N–H and O–H groups in total. The van der Waals surface area contributed by atoms with E-state index in [1.165, 1.54) is 308 Å². The lowest BCUT2D eigenvalue weighted by Crippen LogP contribution is -2.38. The number of carbonyl (C=O) groups is 4. The highest BCUT2D eigenvalue weighted by Gasteiger charge is 2.15. The predicted molar refractivity (Wildman–Crippen MR) is 398 cm³/mol. The molecule has 10 heteroatoms. The third kappa shape index (κ3) is 73.2. The molecule has 0 aromatic heterocycles. The molecule has 0 aromatic carbocycles. The van der Waals surface area contributed by atoms with E-state index in [4.69, 9.17) is 0 Å². The number of unbranched alkanes of at least 4 members (excludes halogenated alkanes) is 52. The summed E-state index contributed by atoms with van der Waals surface area (Å²) in [4.78, 5) is 57.5. The van der Waals surface area contributed by atoms with Gasteiger partial charge in [-0.05, 0) is 65.0 Å². The predicted octanol–water partition coefficient (Wildman–Crippen LogP) is 22.5. The molecule has 0 aliphatic rings. The van der Waals surface area contributed by atoms with Crippen molar-refractivity contribution in [2.45, 2.75) is 419 Å². The molecule has 0 aromatic rings. The largest absolute Gasteiger partial charge is 0.356 e. The minimum absolute atomic E-state index is 0.0897. The van der Waals surface area contributed by atoms with Crippen LogP contribution in [0.2, 0.25) is 0 Å². The van der Waals surface area contributed by atoms with Crippen molar-refractivity contribution in [3.05, 3.63) is 12.2 Å². The van der Waals surface area contributed by atoms with Crippen molar-refractivity contribution in [3.8, 4) is 0 Å². The summed E-state index contributed by atoms with van der Waals surface area (Å²) in [6.45, 7) is 15.8. The first kappa shape index (κ1) is 88.5. The Kier molecular flexibility index (Phi) is 74.5. The molecule has 0 aliphatic heterocycles. The third-order valence-corrected chi connectivity index (χ3v) is 19.2. The van der Waals surface area contributed by atoms with Crippen molar-refractivity contribution >= 4 is 23.6 Å². The molecule has 0 spiro atoms. The van der Waals surface area contributed by atoms with Crippen LogP contribution in [0.3, 0.4) is 0 Å². The monoisotopic (exact) mass is 1280 g/mol. The molecule has 0 fully saturated rings. The Hall–Kier alpha value is -2.46. The van der Waals surface area contributed by atoms with E-state index < -0.39 is 0 Å². The van der Waals surface area contributed by atoms with Crippen molar-refractivity contribution in [1.82, 2.24) is 31.1 Å². The van der Waals surface area contributed by atoms with Crippen LogP contribution in [0.25, 0.3) is 0 Å². The van der Waals surface area contributed by atoms with Gasteiger partial charge in [-0.15, -0.1) is 0 Å². The molecule has 10 nitrogen and oxygen atoms in total. The standard InChI is InChI=1S/C81H160N6O4/c1-5-9-13-17-21-25-29-33-37-38-42-46-50-54-58-62-71-85-81(91)67-77-87(76-66-80(90)84-70-61-57-53-49-45-41-36-32-28-24-20-16-12-8-4)73-63-72-86(74-64-78(88)82-68-59-55-51-47-43-39-34-30-26-22-18-14-10-6-2)75-65-79(89)83-69-60-56-52-48-44-40-35-31-27-23-19-15-11-7-3/h5,9H,6-8,10-77H2,1-4H3,(H,82,88)(H,83,89)(H,84,90)(H,85,91)/b9-5+. The first-order valence-corrected chi connectivity index (χ1v) is 41.0. The zero-order chi connectivity index (χ0) is 65.9. The van der Waals surface area contributed by atoms with Gasteiger partial charge in [0.25, 0.3) is 0 Å². The highest BCUT2D eigenvalue weighted by atomic mass is 16.2. The zero-order valence-corrected chi connectivity index (χ0v) is 61.9. The van der Waals surface area contributed by atoms with Crippen LogP contribution in [-0.4, -0.2) is 98.9 Å². The maximum absolute atomic E-state index is 13.2. The molecule has 0 aliphatic carbocycles. The third-order valence-electron chi connectivity index (χ3n) is 19.2. The normalized spacial score (nSPS) is 11.7. The molecule has 0 saturated carbocycles. The molecule has 91 heavy (non-hydrogen) atoms. The fraction of sp³-hybridized carbons (Fsp3) is 0.926. The summed E-state index contributed by atoms with van der Waals surface area (Å²) < 4.78 is 0. The van der Waals surface area contributed by atoms with E-state index >= 15 is 0 Å². The average Bonchev–Trinajstić information content (AvgIpc) is 3.55. The first-order valence-electron chi connectivity index (χ1n) is 41.0. The molecule has 0 bridgehead atoms. The lowest BCUT2D eigenvalue weighted by Gasteiger charge is -2.26. The van der Waals surface area contributed by atoms with E-state index in [1.807, 2.05) is 0 Å². The summed E-state index contributed by atoms with van der Waals surface area (Å²) in [7, 11) is 0. The van der Waals surface area contributed by atoms with Gasteiger partial charge in [-0.3, -0.25) is 19.2 Å². The SMILES string of the molecule is C/C=C/CCCCCCCCCCCCCCCNC(=O)CCN(CCCN(CCC(=O)NCCCCCCCCCCCCCCCC)CCC(=O)NCCCCCCCCCCCCCCCC)CCC(=O)NCCCCCCCCCCCCCCCC. The molecule has 0 heterocycles. The first-order chi connectivity index (χ1) is 44.9. The number of amides is 4. The minimum atomic E-state index is 0.0897. The molecule has 538 valence electrons. The van der Waals surface area contributed by atoms with Crippen molar-refractivity contribution in [2.24, 2.45) is 0 Å². The van der Waals surface area contributed by atoms with Gasteiger partial charge < -0.3 is 31.1 Å². The second-order valence-electron chi connectivity index (χ2n) is 28.2. The molecule has 4 amide bonds. The maximum atomic E-state index is 13.2.